The SMILES string of the molecule is CCOc1ccc(CNC(=NC)NCC(c2ccc(F)cc2)N2CCOCC2)cc1F.I. The third kappa shape index (κ3) is 7.56. The number of halogens is 3. The predicted molar refractivity (Wildman–Crippen MR) is 133 cm³/mol. The van der Waals surface area contributed by atoms with E-state index in [2.05, 4.69) is 20.5 Å². The molecule has 0 bridgehead atoms. The highest BCUT2D eigenvalue weighted by Gasteiger charge is 2.23. The summed E-state index contributed by atoms with van der Waals surface area (Å²) in [5, 5.41) is 6.55. The number of aliphatic imine (C=N–C) groups is 1. The van der Waals surface area contributed by atoms with Crippen LogP contribution >= 0.6 is 24.0 Å². The van der Waals surface area contributed by atoms with Crippen LogP contribution in [0.1, 0.15) is 24.1 Å². The lowest BCUT2D eigenvalue weighted by Gasteiger charge is -2.35. The molecule has 3 rings (SSSR count). The fraction of sp³-hybridized carbons (Fsp3) is 0.435. The number of hydrogen-bond acceptors (Lipinski definition) is 4. The molecule has 0 aromatic heterocycles. The van der Waals surface area contributed by atoms with Crippen LogP contribution in [0, 0.1) is 11.6 Å². The molecule has 0 amide bonds. The molecule has 1 heterocycles. The maximum atomic E-state index is 14.1. The minimum atomic E-state index is -0.382. The normalized spacial score (nSPS) is 15.6. The summed E-state index contributed by atoms with van der Waals surface area (Å²) in [5.41, 5.74) is 1.81. The van der Waals surface area contributed by atoms with Crippen LogP contribution in [0.2, 0.25) is 0 Å². The third-order valence-corrected chi connectivity index (χ3v) is 5.18. The van der Waals surface area contributed by atoms with E-state index in [4.69, 9.17) is 9.47 Å². The van der Waals surface area contributed by atoms with Crippen LogP contribution in [-0.4, -0.2) is 57.4 Å². The Morgan fingerprint density at radius 3 is 2.47 bits per heavy atom. The topological polar surface area (TPSA) is 58.1 Å². The summed E-state index contributed by atoms with van der Waals surface area (Å²) in [6.07, 6.45) is 0. The van der Waals surface area contributed by atoms with E-state index in [1.54, 1.807) is 13.1 Å². The van der Waals surface area contributed by atoms with E-state index in [1.165, 1.54) is 18.2 Å². The number of nitrogens with one attached hydrogen (secondary N) is 2. The molecule has 1 aliphatic rings. The Morgan fingerprint density at radius 1 is 1.12 bits per heavy atom. The van der Waals surface area contributed by atoms with E-state index in [0.717, 1.165) is 24.2 Å². The van der Waals surface area contributed by atoms with Crippen molar-refractivity contribution in [3.05, 3.63) is 65.2 Å². The van der Waals surface area contributed by atoms with Gasteiger partial charge >= 0.3 is 0 Å². The summed E-state index contributed by atoms with van der Waals surface area (Å²) in [6.45, 7) is 6.21. The van der Waals surface area contributed by atoms with Gasteiger partial charge in [-0.3, -0.25) is 9.89 Å². The number of morpholine rings is 1. The number of hydrogen-bond donors (Lipinski definition) is 2. The minimum absolute atomic E-state index is 0. The van der Waals surface area contributed by atoms with Crippen molar-refractivity contribution < 1.29 is 18.3 Å². The number of guanidine groups is 1. The van der Waals surface area contributed by atoms with Gasteiger partial charge in [-0.2, -0.15) is 0 Å². The molecule has 176 valence electrons. The largest absolute Gasteiger partial charge is 0.491 e. The first-order valence-electron chi connectivity index (χ1n) is 10.5. The zero-order valence-corrected chi connectivity index (χ0v) is 20.8. The Hall–Kier alpha value is -1.98. The summed E-state index contributed by atoms with van der Waals surface area (Å²) < 4.78 is 38.2. The molecule has 1 fully saturated rings. The number of ether oxygens (including phenoxy) is 2. The highest BCUT2D eigenvalue weighted by molar-refractivity contribution is 14.0. The summed E-state index contributed by atoms with van der Waals surface area (Å²) in [7, 11) is 1.69. The van der Waals surface area contributed by atoms with Crippen molar-refractivity contribution in [3.63, 3.8) is 0 Å². The maximum Gasteiger partial charge on any atom is 0.191 e. The van der Waals surface area contributed by atoms with Gasteiger partial charge < -0.3 is 20.1 Å². The fourth-order valence-corrected chi connectivity index (χ4v) is 3.56. The lowest BCUT2D eigenvalue weighted by molar-refractivity contribution is 0.0170. The quantitative estimate of drug-likeness (QED) is 0.293. The van der Waals surface area contributed by atoms with Gasteiger partial charge in [0.1, 0.15) is 5.82 Å². The van der Waals surface area contributed by atoms with E-state index in [9.17, 15) is 8.78 Å². The lowest BCUT2D eigenvalue weighted by Crippen LogP contribution is -2.46. The van der Waals surface area contributed by atoms with Crippen LogP contribution in [0.25, 0.3) is 0 Å². The Kier molecular flexibility index (Phi) is 11.1. The van der Waals surface area contributed by atoms with Crippen LogP contribution in [-0.2, 0) is 11.3 Å². The Bertz CT molecular complexity index is 862. The van der Waals surface area contributed by atoms with Gasteiger partial charge in [-0.25, -0.2) is 8.78 Å². The van der Waals surface area contributed by atoms with Crippen LogP contribution in [0.3, 0.4) is 0 Å². The van der Waals surface area contributed by atoms with Crippen LogP contribution < -0.4 is 15.4 Å². The first-order chi connectivity index (χ1) is 15.1. The van der Waals surface area contributed by atoms with Gasteiger partial charge in [0.05, 0.1) is 25.9 Å². The summed E-state index contributed by atoms with van der Waals surface area (Å²) in [5.74, 6) is 0.223. The molecular weight excluding hydrogens is 529 g/mol. The monoisotopic (exact) mass is 560 g/mol. The van der Waals surface area contributed by atoms with Crippen molar-refractivity contribution in [2.75, 3.05) is 46.5 Å². The average Bonchev–Trinajstić information content (AvgIpc) is 2.79. The van der Waals surface area contributed by atoms with Crippen LogP contribution in [0.4, 0.5) is 8.78 Å². The van der Waals surface area contributed by atoms with Crippen molar-refractivity contribution in [1.82, 2.24) is 15.5 Å². The van der Waals surface area contributed by atoms with E-state index < -0.39 is 0 Å². The van der Waals surface area contributed by atoms with E-state index in [-0.39, 0.29) is 47.4 Å². The standard InChI is InChI=1S/C23H30F2N4O2.HI/c1-3-31-22-9-4-17(14-20(22)25)15-27-23(26-2)28-16-21(29-10-12-30-13-11-29)18-5-7-19(24)8-6-18;/h4-9,14,21H,3,10-13,15-16H2,1-2H3,(H2,26,27,28);1H. The molecule has 0 saturated carbocycles. The molecule has 0 aliphatic carbocycles. The molecule has 32 heavy (non-hydrogen) atoms. The molecule has 9 heteroatoms. The molecule has 2 aromatic rings. The molecule has 0 spiro atoms. The number of nitrogens with zero attached hydrogens (tertiary/aromatic N) is 2. The molecule has 1 aliphatic heterocycles. The van der Waals surface area contributed by atoms with E-state index in [0.29, 0.717) is 38.9 Å². The first kappa shape index (κ1) is 26.3. The third-order valence-electron chi connectivity index (χ3n) is 5.18. The molecule has 1 saturated heterocycles. The number of benzene rings is 2. The predicted octanol–water partition coefficient (Wildman–Crippen LogP) is 3.72. The zero-order valence-electron chi connectivity index (χ0n) is 18.4. The van der Waals surface area contributed by atoms with Gasteiger partial charge in [0.25, 0.3) is 0 Å². The maximum absolute atomic E-state index is 14.1. The second kappa shape index (κ2) is 13.5. The second-order valence-corrected chi connectivity index (χ2v) is 7.22. The highest BCUT2D eigenvalue weighted by Crippen LogP contribution is 2.22. The van der Waals surface area contributed by atoms with Gasteiger partial charge in [0, 0.05) is 33.2 Å². The molecule has 1 atom stereocenters. The smallest absolute Gasteiger partial charge is 0.191 e. The summed E-state index contributed by atoms with van der Waals surface area (Å²) in [4.78, 5) is 6.59. The van der Waals surface area contributed by atoms with E-state index >= 15 is 0 Å². The van der Waals surface area contributed by atoms with Gasteiger partial charge in [-0.05, 0) is 42.3 Å². The van der Waals surface area contributed by atoms with Crippen LogP contribution in [0.15, 0.2) is 47.5 Å². The lowest BCUT2D eigenvalue weighted by atomic mass is 10.0. The molecule has 1 unspecified atom stereocenters. The van der Waals surface area contributed by atoms with E-state index in [1.807, 2.05) is 25.1 Å². The Labute approximate surface area is 205 Å². The zero-order chi connectivity index (χ0) is 22.1. The molecular formula is C23H31F2IN4O2. The van der Waals surface area contributed by atoms with Gasteiger partial charge in [-0.15, -0.1) is 24.0 Å². The number of rotatable bonds is 8. The van der Waals surface area contributed by atoms with Gasteiger partial charge in [-0.1, -0.05) is 18.2 Å². The van der Waals surface area contributed by atoms with Crippen molar-refractivity contribution in [3.8, 4) is 5.75 Å². The Balaban J connectivity index is 0.00000363. The van der Waals surface area contributed by atoms with Gasteiger partial charge in [0.2, 0.25) is 0 Å². The molecule has 6 nitrogen and oxygen atoms in total. The fourth-order valence-electron chi connectivity index (χ4n) is 3.56. The molecule has 0 radical (unpaired) electrons. The van der Waals surface area contributed by atoms with Crippen molar-refractivity contribution in [2.24, 2.45) is 4.99 Å². The summed E-state index contributed by atoms with van der Waals surface area (Å²) >= 11 is 0. The summed E-state index contributed by atoms with van der Waals surface area (Å²) in [6, 6.07) is 11.6. The molecule has 2 N–H and O–H groups in total. The average molecular weight is 560 g/mol. The van der Waals surface area contributed by atoms with Crippen LogP contribution in [0.5, 0.6) is 5.75 Å². The minimum Gasteiger partial charge on any atom is -0.491 e. The first-order valence-corrected chi connectivity index (χ1v) is 10.5. The van der Waals surface area contributed by atoms with Crippen molar-refractivity contribution in [1.29, 1.82) is 0 Å². The van der Waals surface area contributed by atoms with Crippen molar-refractivity contribution in [2.45, 2.75) is 19.5 Å². The molecule has 2 aromatic carbocycles. The second-order valence-electron chi connectivity index (χ2n) is 7.22. The van der Waals surface area contributed by atoms with Gasteiger partial charge in [0.15, 0.2) is 17.5 Å². The highest BCUT2D eigenvalue weighted by atomic mass is 127. The van der Waals surface area contributed by atoms with Crippen molar-refractivity contribution >= 4 is 29.9 Å². The Morgan fingerprint density at radius 2 is 1.84 bits per heavy atom.